The van der Waals surface area contributed by atoms with Gasteiger partial charge in [-0.25, -0.2) is 0 Å². The molecule has 0 aromatic heterocycles. The Hall–Kier alpha value is -0.790. The second kappa shape index (κ2) is 3.52. The first-order valence-corrected chi connectivity index (χ1v) is 4.86. The van der Waals surface area contributed by atoms with Crippen molar-refractivity contribution in [2.75, 3.05) is 13.1 Å². The van der Waals surface area contributed by atoms with Gasteiger partial charge in [-0.2, -0.15) is 0 Å². The normalized spacial score (nSPS) is 19.2. The van der Waals surface area contributed by atoms with Gasteiger partial charge in [0.2, 0.25) is 5.91 Å². The van der Waals surface area contributed by atoms with Crippen molar-refractivity contribution in [3.63, 3.8) is 0 Å². The van der Waals surface area contributed by atoms with Crippen LogP contribution in [0.5, 0.6) is 0 Å². The summed E-state index contributed by atoms with van der Waals surface area (Å²) in [6.07, 6.45) is 3.44. The summed E-state index contributed by atoms with van der Waals surface area (Å²) in [5.41, 5.74) is 0.340. The molecule has 1 aliphatic rings. The Labute approximate surface area is 80.6 Å². The van der Waals surface area contributed by atoms with E-state index in [1.165, 1.54) is 0 Å². The number of likely N-dealkylation sites (tertiary alicyclic amines) is 1. The van der Waals surface area contributed by atoms with Crippen LogP contribution in [-0.4, -0.2) is 23.9 Å². The number of carbonyl (C=O) groups is 1. The molecule has 1 fully saturated rings. The molecule has 0 N–H and O–H groups in total. The highest BCUT2D eigenvalue weighted by atomic mass is 16.2. The zero-order chi connectivity index (χ0) is 10.1. The number of allylic oxidation sites excluding steroid dienone is 1. The first-order chi connectivity index (χ1) is 5.95. The van der Waals surface area contributed by atoms with Gasteiger partial charge in [0, 0.05) is 13.1 Å². The summed E-state index contributed by atoms with van der Waals surface area (Å²) in [5, 5.41) is 0. The van der Waals surface area contributed by atoms with Gasteiger partial charge >= 0.3 is 0 Å². The van der Waals surface area contributed by atoms with E-state index in [-0.39, 0.29) is 5.91 Å². The van der Waals surface area contributed by atoms with Crippen LogP contribution in [0.25, 0.3) is 0 Å². The minimum atomic E-state index is 0.156. The number of amides is 1. The summed E-state index contributed by atoms with van der Waals surface area (Å²) < 4.78 is 0. The van der Waals surface area contributed by atoms with E-state index in [0.29, 0.717) is 11.3 Å². The Morgan fingerprint density at radius 1 is 1.38 bits per heavy atom. The number of hydrogen-bond acceptors (Lipinski definition) is 1. The first-order valence-electron chi connectivity index (χ1n) is 4.86. The van der Waals surface area contributed by atoms with Gasteiger partial charge in [0.05, 0.1) is 0 Å². The zero-order valence-electron chi connectivity index (χ0n) is 9.00. The Balaban J connectivity index is 2.38. The Bertz CT molecular complexity index is 219. The van der Waals surface area contributed by atoms with Crippen molar-refractivity contribution in [1.29, 1.82) is 0 Å². The highest BCUT2D eigenvalue weighted by Gasteiger charge is 2.37. The number of nitrogens with zero attached hydrogens (tertiary/aromatic N) is 1. The van der Waals surface area contributed by atoms with Gasteiger partial charge in [0.15, 0.2) is 0 Å². The van der Waals surface area contributed by atoms with Gasteiger partial charge in [-0.3, -0.25) is 4.79 Å². The van der Waals surface area contributed by atoms with Gasteiger partial charge in [0.1, 0.15) is 0 Å². The second-order valence-corrected chi connectivity index (χ2v) is 4.81. The lowest BCUT2D eigenvalue weighted by atomic mass is 9.76. The average molecular weight is 181 g/mol. The van der Waals surface area contributed by atoms with Crippen molar-refractivity contribution in [2.24, 2.45) is 11.3 Å². The Kier molecular flexibility index (Phi) is 2.79. The van der Waals surface area contributed by atoms with Crippen LogP contribution >= 0.6 is 0 Å². The maximum absolute atomic E-state index is 11.3. The third-order valence-electron chi connectivity index (χ3n) is 2.73. The SMILES string of the molecule is C/C=C/C(=O)N1CC(C(C)(C)C)C1. The molecule has 0 aromatic carbocycles. The molecule has 2 heteroatoms. The van der Waals surface area contributed by atoms with E-state index >= 15 is 0 Å². The van der Waals surface area contributed by atoms with Crippen LogP contribution in [0.2, 0.25) is 0 Å². The van der Waals surface area contributed by atoms with Gasteiger partial charge in [-0.1, -0.05) is 26.8 Å². The van der Waals surface area contributed by atoms with E-state index in [1.807, 2.05) is 11.8 Å². The lowest BCUT2D eigenvalue weighted by Gasteiger charge is -2.45. The fraction of sp³-hybridized carbons (Fsp3) is 0.727. The maximum atomic E-state index is 11.3. The lowest BCUT2D eigenvalue weighted by Crippen LogP contribution is -2.54. The van der Waals surface area contributed by atoms with Gasteiger partial charge in [-0.15, -0.1) is 0 Å². The predicted octanol–water partition coefficient (Wildman–Crippen LogP) is 2.07. The largest absolute Gasteiger partial charge is 0.338 e. The second-order valence-electron chi connectivity index (χ2n) is 4.81. The zero-order valence-corrected chi connectivity index (χ0v) is 9.00. The highest BCUT2D eigenvalue weighted by Crippen LogP contribution is 2.33. The van der Waals surface area contributed by atoms with Crippen molar-refractivity contribution in [2.45, 2.75) is 27.7 Å². The Morgan fingerprint density at radius 2 is 1.92 bits per heavy atom. The van der Waals surface area contributed by atoms with Crippen LogP contribution in [0.15, 0.2) is 12.2 Å². The van der Waals surface area contributed by atoms with E-state index < -0.39 is 0 Å². The molecule has 0 aliphatic carbocycles. The molecule has 2 nitrogen and oxygen atoms in total. The number of hydrogen-bond donors (Lipinski definition) is 0. The molecule has 74 valence electrons. The quantitative estimate of drug-likeness (QED) is 0.567. The molecule has 0 spiro atoms. The molecular formula is C11H19NO. The van der Waals surface area contributed by atoms with Crippen molar-refractivity contribution >= 4 is 5.91 Å². The van der Waals surface area contributed by atoms with E-state index in [1.54, 1.807) is 12.2 Å². The van der Waals surface area contributed by atoms with Crippen molar-refractivity contribution in [1.82, 2.24) is 4.90 Å². The smallest absolute Gasteiger partial charge is 0.246 e. The maximum Gasteiger partial charge on any atom is 0.246 e. The fourth-order valence-electron chi connectivity index (χ4n) is 1.45. The van der Waals surface area contributed by atoms with E-state index in [4.69, 9.17) is 0 Å². The van der Waals surface area contributed by atoms with E-state index in [0.717, 1.165) is 13.1 Å². The number of rotatable bonds is 1. The summed E-state index contributed by atoms with van der Waals surface area (Å²) in [4.78, 5) is 13.2. The molecule has 13 heavy (non-hydrogen) atoms. The minimum absolute atomic E-state index is 0.156. The molecule has 0 bridgehead atoms. The van der Waals surface area contributed by atoms with Crippen molar-refractivity contribution in [3.8, 4) is 0 Å². The van der Waals surface area contributed by atoms with Crippen molar-refractivity contribution < 1.29 is 4.79 Å². The molecule has 0 unspecified atom stereocenters. The lowest BCUT2D eigenvalue weighted by molar-refractivity contribution is -0.134. The van der Waals surface area contributed by atoms with Crippen LogP contribution in [-0.2, 0) is 4.79 Å². The third kappa shape index (κ3) is 2.33. The topological polar surface area (TPSA) is 20.3 Å². The molecule has 1 saturated heterocycles. The van der Waals surface area contributed by atoms with Crippen molar-refractivity contribution in [3.05, 3.63) is 12.2 Å². The average Bonchev–Trinajstić information content (AvgIpc) is 1.79. The van der Waals surface area contributed by atoms with E-state index in [9.17, 15) is 4.79 Å². The molecule has 1 rings (SSSR count). The summed E-state index contributed by atoms with van der Waals surface area (Å²) in [7, 11) is 0. The third-order valence-corrected chi connectivity index (χ3v) is 2.73. The highest BCUT2D eigenvalue weighted by molar-refractivity contribution is 5.88. The molecule has 0 saturated carbocycles. The monoisotopic (exact) mass is 181 g/mol. The standard InChI is InChI=1S/C11H19NO/c1-5-6-10(13)12-7-9(8-12)11(2,3)4/h5-6,9H,7-8H2,1-4H3/b6-5+. The van der Waals surface area contributed by atoms with Gasteiger partial charge < -0.3 is 4.90 Å². The van der Waals surface area contributed by atoms with Crippen LogP contribution < -0.4 is 0 Å². The van der Waals surface area contributed by atoms with Crippen LogP contribution in [0, 0.1) is 11.3 Å². The molecule has 0 atom stereocenters. The molecule has 1 heterocycles. The first kappa shape index (κ1) is 10.3. The summed E-state index contributed by atoms with van der Waals surface area (Å²) in [5.74, 6) is 0.824. The van der Waals surface area contributed by atoms with Crippen LogP contribution in [0.4, 0.5) is 0 Å². The minimum Gasteiger partial charge on any atom is -0.338 e. The van der Waals surface area contributed by atoms with Gasteiger partial charge in [-0.05, 0) is 24.3 Å². The molecule has 0 radical (unpaired) electrons. The Morgan fingerprint density at radius 3 is 2.31 bits per heavy atom. The predicted molar refractivity (Wildman–Crippen MR) is 54.3 cm³/mol. The fourth-order valence-corrected chi connectivity index (χ4v) is 1.45. The number of carbonyl (C=O) groups excluding carboxylic acids is 1. The summed E-state index contributed by atoms with van der Waals surface area (Å²) in [6, 6.07) is 0. The summed E-state index contributed by atoms with van der Waals surface area (Å²) >= 11 is 0. The summed E-state index contributed by atoms with van der Waals surface area (Å²) in [6.45, 7) is 10.4. The molecule has 0 aromatic rings. The molecule has 1 aliphatic heterocycles. The van der Waals surface area contributed by atoms with Crippen LogP contribution in [0.3, 0.4) is 0 Å². The van der Waals surface area contributed by atoms with E-state index in [2.05, 4.69) is 20.8 Å². The van der Waals surface area contributed by atoms with Crippen LogP contribution in [0.1, 0.15) is 27.7 Å². The van der Waals surface area contributed by atoms with Gasteiger partial charge in [0.25, 0.3) is 0 Å². The molecule has 1 amide bonds. The molecular weight excluding hydrogens is 162 g/mol.